The predicted molar refractivity (Wildman–Crippen MR) is 103 cm³/mol. The van der Waals surface area contributed by atoms with Gasteiger partial charge in [-0.3, -0.25) is 19.2 Å². The number of hydrogen-bond donors (Lipinski definition) is 2. The van der Waals surface area contributed by atoms with Gasteiger partial charge in [-0.2, -0.15) is 0 Å². The van der Waals surface area contributed by atoms with Gasteiger partial charge in [0.05, 0.1) is 26.2 Å². The molecule has 6 atom stereocenters. The van der Waals surface area contributed by atoms with Crippen molar-refractivity contribution in [1.29, 1.82) is 0 Å². The van der Waals surface area contributed by atoms with Gasteiger partial charge in [0.25, 0.3) is 5.79 Å². The van der Waals surface area contributed by atoms with E-state index >= 15 is 0 Å². The molecule has 2 N–H and O–H groups in total. The zero-order valence-corrected chi connectivity index (χ0v) is 18.7. The Morgan fingerprint density at radius 3 is 2.03 bits per heavy atom. The second-order valence-electron chi connectivity index (χ2n) is 7.01. The van der Waals surface area contributed by atoms with E-state index in [1.165, 1.54) is 6.92 Å². The lowest BCUT2D eigenvalue weighted by Crippen LogP contribution is -2.69. The summed E-state index contributed by atoms with van der Waals surface area (Å²) in [4.78, 5) is 59.5. The van der Waals surface area contributed by atoms with Gasteiger partial charge in [0.15, 0.2) is 12.2 Å². The Morgan fingerprint density at radius 2 is 1.62 bits per heavy atom. The minimum Gasteiger partial charge on any atom is -0.465 e. The molecule has 0 aromatic heterocycles. The zero-order chi connectivity index (χ0) is 24.6. The van der Waals surface area contributed by atoms with Crippen molar-refractivity contribution in [1.82, 2.24) is 5.32 Å². The molecule has 1 aliphatic heterocycles. The largest absolute Gasteiger partial charge is 0.465 e. The van der Waals surface area contributed by atoms with Crippen molar-refractivity contribution < 1.29 is 57.5 Å². The van der Waals surface area contributed by atoms with Crippen molar-refractivity contribution in [3.05, 3.63) is 0 Å². The average molecular weight is 463 g/mol. The molecule has 0 spiro atoms. The molecule has 13 nitrogen and oxygen atoms in total. The van der Waals surface area contributed by atoms with Crippen LogP contribution in [0.4, 0.5) is 0 Å². The summed E-state index contributed by atoms with van der Waals surface area (Å²) in [7, 11) is 2.20. The fraction of sp³-hybridized carbons (Fsp3) is 0.737. The van der Waals surface area contributed by atoms with Gasteiger partial charge in [-0.25, -0.2) is 4.79 Å². The monoisotopic (exact) mass is 463 g/mol. The van der Waals surface area contributed by atoms with E-state index in [9.17, 15) is 29.1 Å². The summed E-state index contributed by atoms with van der Waals surface area (Å²) >= 11 is 0. The summed E-state index contributed by atoms with van der Waals surface area (Å²) in [5, 5.41) is 12.3. The minimum atomic E-state index is -2.14. The quantitative estimate of drug-likeness (QED) is 0.302. The van der Waals surface area contributed by atoms with Crippen molar-refractivity contribution >= 4 is 29.8 Å². The van der Waals surface area contributed by atoms with E-state index in [0.29, 0.717) is 0 Å². The number of aliphatic hydroxyl groups excluding tert-OH is 1. The highest BCUT2D eigenvalue weighted by atomic mass is 16.7. The van der Waals surface area contributed by atoms with Crippen molar-refractivity contribution in [3.63, 3.8) is 0 Å². The van der Waals surface area contributed by atoms with E-state index in [1.54, 1.807) is 0 Å². The second-order valence-corrected chi connectivity index (χ2v) is 7.01. The highest BCUT2D eigenvalue weighted by molar-refractivity contribution is 5.78. The number of methoxy groups -OCH3 is 2. The minimum absolute atomic E-state index is 0.388. The normalized spacial score (nSPS) is 26.8. The molecule has 1 fully saturated rings. The van der Waals surface area contributed by atoms with Crippen LogP contribution in [0.1, 0.15) is 34.1 Å². The highest BCUT2D eigenvalue weighted by Gasteiger charge is 2.58. The fourth-order valence-corrected chi connectivity index (χ4v) is 3.42. The standard InChI is InChI=1S/C19H29NO12/c1-9(22)20-15-13(29-10(2)23)7-19(28-6,18(26)27-5)32-17(15)16(31-12(4)25)14(8-21)30-11(3)24/h13-17,21H,7-8H2,1-6H3,(H,20,22)/t13-,14+,15+,16+,17+,19+/m0/s1. The van der Waals surface area contributed by atoms with Crippen LogP contribution in [-0.4, -0.2) is 92.0 Å². The van der Waals surface area contributed by atoms with Crippen LogP contribution in [0.25, 0.3) is 0 Å². The van der Waals surface area contributed by atoms with Crippen LogP contribution < -0.4 is 5.32 Å². The van der Waals surface area contributed by atoms with E-state index in [-0.39, 0.29) is 6.42 Å². The summed E-state index contributed by atoms with van der Waals surface area (Å²) in [6, 6.07) is -1.20. The van der Waals surface area contributed by atoms with Crippen LogP contribution in [0.15, 0.2) is 0 Å². The Morgan fingerprint density at radius 1 is 1.03 bits per heavy atom. The van der Waals surface area contributed by atoms with Gasteiger partial charge in [0.1, 0.15) is 12.2 Å². The zero-order valence-electron chi connectivity index (χ0n) is 18.7. The Bertz CT molecular complexity index is 725. The van der Waals surface area contributed by atoms with Crippen molar-refractivity contribution in [2.75, 3.05) is 20.8 Å². The number of nitrogens with one attached hydrogen (secondary N) is 1. The lowest BCUT2D eigenvalue weighted by atomic mass is 9.88. The number of esters is 4. The number of ether oxygens (including phenoxy) is 6. The molecule has 13 heteroatoms. The van der Waals surface area contributed by atoms with Gasteiger partial charge in [0, 0.05) is 34.8 Å². The molecule has 0 aromatic carbocycles. The predicted octanol–water partition coefficient (Wildman–Crippen LogP) is -1.42. The molecular weight excluding hydrogens is 434 g/mol. The first-order chi connectivity index (χ1) is 14.9. The molecule has 182 valence electrons. The van der Waals surface area contributed by atoms with E-state index in [1.807, 2.05) is 0 Å². The Labute approximate surface area is 184 Å². The highest BCUT2D eigenvalue weighted by Crippen LogP contribution is 2.36. The van der Waals surface area contributed by atoms with Crippen LogP contribution in [0.3, 0.4) is 0 Å². The lowest BCUT2D eigenvalue weighted by Gasteiger charge is -2.48. The lowest BCUT2D eigenvalue weighted by molar-refractivity contribution is -0.307. The van der Waals surface area contributed by atoms with Crippen LogP contribution in [0.5, 0.6) is 0 Å². The van der Waals surface area contributed by atoms with Gasteiger partial charge >= 0.3 is 23.9 Å². The van der Waals surface area contributed by atoms with Gasteiger partial charge in [-0.15, -0.1) is 0 Å². The van der Waals surface area contributed by atoms with E-state index in [0.717, 1.165) is 35.0 Å². The number of aliphatic hydroxyl groups is 1. The number of hydrogen-bond acceptors (Lipinski definition) is 12. The van der Waals surface area contributed by atoms with Gasteiger partial charge in [-0.1, -0.05) is 0 Å². The van der Waals surface area contributed by atoms with Crippen LogP contribution in [-0.2, 0) is 52.4 Å². The van der Waals surface area contributed by atoms with Crippen LogP contribution >= 0.6 is 0 Å². The van der Waals surface area contributed by atoms with E-state index < -0.39 is 72.6 Å². The molecule has 1 amide bonds. The third-order valence-electron chi connectivity index (χ3n) is 4.55. The summed E-state index contributed by atoms with van der Waals surface area (Å²) in [6.07, 6.45) is -6.10. The van der Waals surface area contributed by atoms with Gasteiger partial charge in [0.2, 0.25) is 5.91 Å². The Kier molecular flexibility index (Phi) is 10.0. The SMILES string of the molecule is COC(=O)[C@@]1(OC)C[C@H](OC(C)=O)[C@@H](NC(C)=O)[C@H]([C@H](OC(C)=O)[C@@H](CO)OC(C)=O)O1. The van der Waals surface area contributed by atoms with E-state index in [4.69, 9.17) is 28.4 Å². The number of amides is 1. The second kappa shape index (κ2) is 11.7. The molecule has 0 radical (unpaired) electrons. The maximum Gasteiger partial charge on any atom is 0.366 e. The molecule has 1 aliphatic rings. The number of carbonyl (C=O) groups is 5. The number of carbonyl (C=O) groups excluding carboxylic acids is 5. The molecule has 0 aromatic rings. The topological polar surface area (TPSA) is 173 Å². The molecule has 32 heavy (non-hydrogen) atoms. The molecule has 0 bridgehead atoms. The molecule has 0 aliphatic carbocycles. The van der Waals surface area contributed by atoms with Crippen molar-refractivity contribution in [2.45, 2.75) is 70.4 Å². The van der Waals surface area contributed by atoms with E-state index in [2.05, 4.69) is 5.32 Å². The summed E-state index contributed by atoms with van der Waals surface area (Å²) in [5.74, 6) is -6.11. The molecule has 1 heterocycles. The molecule has 1 saturated heterocycles. The third kappa shape index (κ3) is 6.87. The first-order valence-electron chi connectivity index (χ1n) is 9.61. The smallest absolute Gasteiger partial charge is 0.366 e. The van der Waals surface area contributed by atoms with Gasteiger partial charge < -0.3 is 38.8 Å². The Hall–Kier alpha value is -2.77. The third-order valence-corrected chi connectivity index (χ3v) is 4.55. The molecular formula is C19H29NO12. The summed E-state index contributed by atoms with van der Waals surface area (Å²) in [6.45, 7) is 3.60. The Balaban J connectivity index is 3.65. The summed E-state index contributed by atoms with van der Waals surface area (Å²) < 4.78 is 31.5. The van der Waals surface area contributed by atoms with Crippen LogP contribution in [0.2, 0.25) is 0 Å². The molecule has 0 saturated carbocycles. The first kappa shape index (κ1) is 27.3. The van der Waals surface area contributed by atoms with Crippen LogP contribution in [0, 0.1) is 0 Å². The average Bonchev–Trinajstić information content (AvgIpc) is 2.70. The first-order valence-corrected chi connectivity index (χ1v) is 9.61. The van der Waals surface area contributed by atoms with Gasteiger partial charge in [-0.05, 0) is 0 Å². The maximum atomic E-state index is 12.5. The maximum absolute atomic E-state index is 12.5. The molecule has 1 rings (SSSR count). The van der Waals surface area contributed by atoms with Crippen molar-refractivity contribution in [2.24, 2.45) is 0 Å². The number of rotatable bonds is 9. The van der Waals surface area contributed by atoms with Crippen molar-refractivity contribution in [3.8, 4) is 0 Å². The summed E-state index contributed by atoms with van der Waals surface area (Å²) in [5.41, 5.74) is 0. The fourth-order valence-electron chi connectivity index (χ4n) is 3.42. The molecule has 0 unspecified atom stereocenters.